The number of hydrogen-bond acceptors (Lipinski definition) is 1. The summed E-state index contributed by atoms with van der Waals surface area (Å²) in [5.74, 6) is 2.46. The van der Waals surface area contributed by atoms with Crippen molar-refractivity contribution in [2.75, 3.05) is 0 Å². The van der Waals surface area contributed by atoms with E-state index >= 15 is 0 Å². The topological polar surface area (TPSA) is 57.2 Å². The summed E-state index contributed by atoms with van der Waals surface area (Å²) in [4.78, 5) is 10.8. The molecule has 0 aromatic heterocycles. The molecule has 2 N–H and O–H groups in total. The molecule has 1 amide bonds. The normalized spacial score (nSPS) is 21.5. The van der Waals surface area contributed by atoms with Crippen LogP contribution in [0.15, 0.2) is 5.57 Å². The maximum absolute atomic E-state index is 10.8. The first kappa shape index (κ1) is 7.80. The Morgan fingerprint density at radius 2 is 2.73 bits per heavy atom. The van der Waals surface area contributed by atoms with Gasteiger partial charge in [0.15, 0.2) is 0 Å². The summed E-state index contributed by atoms with van der Waals surface area (Å²) in [5, 5.41) is 0. The zero-order chi connectivity index (χ0) is 8.27. The average molecular weight is 151 g/mol. The van der Waals surface area contributed by atoms with Crippen LogP contribution in [0.3, 0.4) is 0 Å². The van der Waals surface area contributed by atoms with Gasteiger partial charge in [0.2, 0.25) is 0 Å². The third-order valence-corrected chi connectivity index (χ3v) is 1.83. The molecule has 1 atom stereocenters. The quantitative estimate of drug-likeness (QED) is 0.538. The third kappa shape index (κ3) is 1.58. The first-order valence-electron chi connectivity index (χ1n) is 3.70. The molecule has 58 valence electrons. The minimum Gasteiger partial charge on any atom is -0.365 e. The van der Waals surface area contributed by atoms with Gasteiger partial charge in [-0.05, 0) is 11.1 Å². The number of nitrogens with two attached hydrogens (primary N) is 1. The minimum absolute atomic E-state index is 0.227. The summed E-state index contributed by atoms with van der Waals surface area (Å²) >= 11 is 0. The monoisotopic (exact) mass is 151 g/mol. The zero-order valence-corrected chi connectivity index (χ0v) is 6.50. The lowest BCUT2D eigenvalue weighted by molar-refractivity contribution is -0.114. The number of carbonyl (C=O) groups is 1. The summed E-state index contributed by atoms with van der Waals surface area (Å²) in [7, 11) is 0. The number of rotatable bonds is 2. The molecular formula is C8H11N2O+. The van der Waals surface area contributed by atoms with E-state index in [4.69, 9.17) is 5.73 Å². The van der Waals surface area contributed by atoms with Crippen LogP contribution in [0.1, 0.15) is 19.8 Å². The Bertz CT molecular complexity index is 268. The van der Waals surface area contributed by atoms with Crippen LogP contribution in [-0.2, 0) is 4.79 Å². The zero-order valence-electron chi connectivity index (χ0n) is 6.50. The van der Waals surface area contributed by atoms with E-state index in [-0.39, 0.29) is 5.92 Å². The SMILES string of the molecule is CCC1CC=[N+]=C=C1C(N)=O. The molecule has 11 heavy (non-hydrogen) atoms. The first-order chi connectivity index (χ1) is 5.25. The van der Waals surface area contributed by atoms with E-state index in [0.717, 1.165) is 12.8 Å². The maximum atomic E-state index is 10.8. The van der Waals surface area contributed by atoms with Gasteiger partial charge in [-0.2, -0.15) is 0 Å². The lowest BCUT2D eigenvalue weighted by Crippen LogP contribution is -2.23. The molecule has 0 fully saturated rings. The van der Waals surface area contributed by atoms with Gasteiger partial charge in [0.05, 0.1) is 6.42 Å². The van der Waals surface area contributed by atoms with Crippen molar-refractivity contribution in [3.8, 4) is 0 Å². The Labute approximate surface area is 65.3 Å². The van der Waals surface area contributed by atoms with Crippen LogP contribution in [0.4, 0.5) is 0 Å². The fraction of sp³-hybridized carbons (Fsp3) is 0.500. The van der Waals surface area contributed by atoms with Crippen molar-refractivity contribution in [3.05, 3.63) is 5.57 Å². The second kappa shape index (κ2) is 3.20. The predicted molar refractivity (Wildman–Crippen MR) is 44.3 cm³/mol. The summed E-state index contributed by atoms with van der Waals surface area (Å²) < 4.78 is 3.77. The standard InChI is InChI=1S/C8H10N2O/c1-2-6-3-4-10-5-7(6)8(9)11/h4,6H,2-3H2,1H3,(H-,9,11)/p+1. The average Bonchev–Trinajstić information content (AvgIpc) is 2.04. The van der Waals surface area contributed by atoms with Crippen molar-refractivity contribution in [2.45, 2.75) is 19.8 Å². The van der Waals surface area contributed by atoms with Crippen LogP contribution in [-0.4, -0.2) is 18.0 Å². The molecule has 0 radical (unpaired) electrons. The molecular weight excluding hydrogens is 140 g/mol. The van der Waals surface area contributed by atoms with Gasteiger partial charge in [-0.3, -0.25) is 4.79 Å². The molecule has 1 heterocycles. The summed E-state index contributed by atoms with van der Waals surface area (Å²) in [6, 6.07) is 0. The highest BCUT2D eigenvalue weighted by atomic mass is 16.1. The van der Waals surface area contributed by atoms with E-state index < -0.39 is 5.91 Å². The lowest BCUT2D eigenvalue weighted by Gasteiger charge is -2.07. The van der Waals surface area contributed by atoms with E-state index in [0.29, 0.717) is 5.57 Å². The minimum atomic E-state index is -0.395. The summed E-state index contributed by atoms with van der Waals surface area (Å²) in [6.07, 6.45) is 3.49. The van der Waals surface area contributed by atoms with Crippen LogP contribution in [0.5, 0.6) is 0 Å². The highest BCUT2D eigenvalue weighted by molar-refractivity contribution is 6.02. The van der Waals surface area contributed by atoms with Gasteiger partial charge in [-0.1, -0.05) is 6.92 Å². The van der Waals surface area contributed by atoms with Crippen molar-refractivity contribution in [3.63, 3.8) is 0 Å². The molecule has 0 saturated carbocycles. The fourth-order valence-corrected chi connectivity index (χ4v) is 1.13. The van der Waals surface area contributed by atoms with Crippen molar-refractivity contribution in [2.24, 2.45) is 11.7 Å². The molecule has 0 aromatic rings. The Hall–Kier alpha value is -1.30. The predicted octanol–water partition coefficient (Wildman–Crippen LogP) is -0.364. The van der Waals surface area contributed by atoms with Crippen LogP contribution < -0.4 is 10.4 Å². The van der Waals surface area contributed by atoms with E-state index in [2.05, 4.69) is 10.5 Å². The molecule has 0 bridgehead atoms. The second-order valence-corrected chi connectivity index (χ2v) is 2.54. The number of hydrogen-bond donors (Lipinski definition) is 1. The van der Waals surface area contributed by atoms with Crippen molar-refractivity contribution < 1.29 is 4.79 Å². The van der Waals surface area contributed by atoms with Crippen molar-refractivity contribution in [1.82, 2.24) is 4.67 Å². The molecule has 1 unspecified atom stereocenters. The number of nitrogens with zero attached hydrogens (tertiary/aromatic N) is 1. The second-order valence-electron chi connectivity index (χ2n) is 2.54. The van der Waals surface area contributed by atoms with Gasteiger partial charge in [0.1, 0.15) is 5.57 Å². The highest BCUT2D eigenvalue weighted by Crippen LogP contribution is 2.15. The van der Waals surface area contributed by atoms with E-state index in [1.807, 2.05) is 6.92 Å². The summed E-state index contributed by atoms with van der Waals surface area (Å²) in [5.41, 5.74) is 5.66. The molecule has 0 aromatic carbocycles. The molecule has 1 rings (SSSR count). The van der Waals surface area contributed by atoms with Crippen molar-refractivity contribution >= 4 is 18.0 Å². The fourth-order valence-electron chi connectivity index (χ4n) is 1.13. The van der Waals surface area contributed by atoms with Gasteiger partial charge in [-0.15, -0.1) is 0 Å². The molecule has 3 heteroatoms. The van der Waals surface area contributed by atoms with Crippen molar-refractivity contribution in [1.29, 1.82) is 0 Å². The molecule has 0 spiro atoms. The van der Waals surface area contributed by atoms with Crippen LogP contribution in [0.2, 0.25) is 0 Å². The van der Waals surface area contributed by atoms with Gasteiger partial charge in [0.25, 0.3) is 12.1 Å². The summed E-state index contributed by atoms with van der Waals surface area (Å²) in [6.45, 7) is 2.02. The van der Waals surface area contributed by atoms with E-state index in [9.17, 15) is 4.79 Å². The van der Waals surface area contributed by atoms with Gasteiger partial charge < -0.3 is 5.73 Å². The largest absolute Gasteiger partial charge is 0.365 e. The Morgan fingerprint density at radius 3 is 3.18 bits per heavy atom. The van der Waals surface area contributed by atoms with Gasteiger partial charge in [-0.25, -0.2) is 0 Å². The molecule has 3 nitrogen and oxygen atoms in total. The third-order valence-electron chi connectivity index (χ3n) is 1.83. The Balaban J connectivity index is 2.96. The maximum Gasteiger partial charge on any atom is 0.320 e. The van der Waals surface area contributed by atoms with E-state index in [1.54, 1.807) is 6.21 Å². The molecule has 1 aliphatic rings. The van der Waals surface area contributed by atoms with Gasteiger partial charge >= 0.3 is 5.87 Å². The molecule has 0 aliphatic carbocycles. The molecule has 0 saturated heterocycles. The van der Waals surface area contributed by atoms with Crippen LogP contribution in [0, 0.1) is 5.92 Å². The Morgan fingerprint density at radius 1 is 2.00 bits per heavy atom. The highest BCUT2D eigenvalue weighted by Gasteiger charge is 2.23. The number of carbonyl (C=O) groups excluding carboxylic acids is 1. The van der Waals surface area contributed by atoms with Crippen LogP contribution >= 0.6 is 0 Å². The first-order valence-corrected chi connectivity index (χ1v) is 3.70. The Kier molecular flexibility index (Phi) is 2.27. The number of amides is 1. The molecule has 1 aliphatic heterocycles. The smallest absolute Gasteiger partial charge is 0.320 e. The van der Waals surface area contributed by atoms with E-state index in [1.165, 1.54) is 0 Å². The van der Waals surface area contributed by atoms with Gasteiger partial charge in [0, 0.05) is 5.92 Å². The lowest BCUT2D eigenvalue weighted by atomic mass is 9.93. The number of primary amides is 1. The van der Waals surface area contributed by atoms with Crippen LogP contribution in [0.25, 0.3) is 0 Å².